The molecule has 0 saturated heterocycles. The number of benzene rings is 1. The molecule has 1 fully saturated rings. The molecule has 0 spiro atoms. The summed E-state index contributed by atoms with van der Waals surface area (Å²) in [6, 6.07) is 1.69. The second-order valence-electron chi connectivity index (χ2n) is 11.9. The van der Waals surface area contributed by atoms with E-state index < -0.39 is 0 Å². The Labute approximate surface area is 233 Å². The highest BCUT2D eigenvalue weighted by Gasteiger charge is 2.28. The first-order valence-electron chi connectivity index (χ1n) is 13.7. The fourth-order valence-electron chi connectivity index (χ4n) is 4.51. The van der Waals surface area contributed by atoms with Crippen LogP contribution in [-0.2, 0) is 14.9 Å². The molecule has 1 aromatic carbocycles. The van der Waals surface area contributed by atoms with Gasteiger partial charge in [-0.2, -0.15) is 0 Å². The van der Waals surface area contributed by atoms with Gasteiger partial charge in [0.25, 0.3) is 0 Å². The lowest BCUT2D eigenvalue weighted by Crippen LogP contribution is -2.30. The Morgan fingerprint density at radius 3 is 2.18 bits per heavy atom. The van der Waals surface area contributed by atoms with Crippen molar-refractivity contribution in [2.75, 3.05) is 24.3 Å². The summed E-state index contributed by atoms with van der Waals surface area (Å²) < 4.78 is 20.7. The van der Waals surface area contributed by atoms with Gasteiger partial charge < -0.3 is 26.4 Å². The van der Waals surface area contributed by atoms with E-state index in [-0.39, 0.29) is 28.7 Å². The molecule has 5 N–H and O–H groups in total. The average Bonchev–Trinajstić information content (AvgIpc) is 3.34. The van der Waals surface area contributed by atoms with Crippen LogP contribution < -0.4 is 21.7 Å². The number of rotatable bonds is 8. The molecule has 0 atom stereocenters. The van der Waals surface area contributed by atoms with Crippen molar-refractivity contribution in [3.05, 3.63) is 48.1 Å². The molecule has 2 aromatic rings. The number of hydrogen-bond donors (Lipinski definition) is 4. The Kier molecular flexibility index (Phi) is 11.1. The van der Waals surface area contributed by atoms with Crippen molar-refractivity contribution >= 4 is 17.3 Å². The Morgan fingerprint density at radius 2 is 1.72 bits per heavy atom. The number of carbonyl (C=O) groups is 1. The predicted octanol–water partition coefficient (Wildman–Crippen LogP) is 6.21. The summed E-state index contributed by atoms with van der Waals surface area (Å²) in [6.07, 6.45) is 7.52. The average molecular weight is 543 g/mol. The molecule has 9 heteroatoms. The van der Waals surface area contributed by atoms with Gasteiger partial charge in [0.2, 0.25) is 0 Å². The molecular weight excluding hydrogens is 495 g/mol. The van der Waals surface area contributed by atoms with E-state index in [4.69, 9.17) is 10.5 Å². The number of anilines is 2. The Balaban J connectivity index is 0.000000580. The van der Waals surface area contributed by atoms with Gasteiger partial charge in [-0.15, -0.1) is 0 Å². The lowest BCUT2D eigenvalue weighted by Gasteiger charge is -2.23. The Hall–Kier alpha value is -3.36. The van der Waals surface area contributed by atoms with Crippen molar-refractivity contribution in [2.24, 2.45) is 0 Å². The van der Waals surface area contributed by atoms with Crippen molar-refractivity contribution in [1.82, 2.24) is 20.6 Å². The van der Waals surface area contributed by atoms with E-state index in [1.165, 1.54) is 6.92 Å². The zero-order valence-electron chi connectivity index (χ0n) is 24.9. The van der Waals surface area contributed by atoms with E-state index in [1.54, 1.807) is 18.5 Å². The maximum Gasteiger partial charge on any atom is 0.303 e. The smallest absolute Gasteiger partial charge is 0.303 e. The highest BCUT2D eigenvalue weighted by molar-refractivity contribution is 5.80. The maximum absolute atomic E-state index is 15.9. The minimum Gasteiger partial charge on any atom is -0.460 e. The lowest BCUT2D eigenvalue weighted by molar-refractivity contribution is -0.151. The third-order valence-corrected chi connectivity index (χ3v) is 6.13. The molecule has 0 amide bonds. The third kappa shape index (κ3) is 9.71. The maximum atomic E-state index is 15.9. The molecular formula is C30H47FN6O2. The van der Waals surface area contributed by atoms with Crippen LogP contribution in [0, 0.1) is 5.82 Å². The summed E-state index contributed by atoms with van der Waals surface area (Å²) in [6.45, 7) is 20.2. The van der Waals surface area contributed by atoms with Gasteiger partial charge in [-0.25, -0.2) is 14.4 Å². The molecule has 0 bridgehead atoms. The molecule has 1 heterocycles. The highest BCUT2D eigenvalue weighted by Crippen LogP contribution is 2.44. The van der Waals surface area contributed by atoms with Crippen LogP contribution in [0.3, 0.4) is 0 Å². The summed E-state index contributed by atoms with van der Waals surface area (Å²) in [4.78, 5) is 19.2. The van der Waals surface area contributed by atoms with Gasteiger partial charge in [0, 0.05) is 48.0 Å². The van der Waals surface area contributed by atoms with Gasteiger partial charge >= 0.3 is 5.97 Å². The molecule has 3 rings (SSSR count). The largest absolute Gasteiger partial charge is 0.460 e. The molecule has 1 aliphatic rings. The summed E-state index contributed by atoms with van der Waals surface area (Å²) in [5.74, 6) is 1.13. The number of nitrogens with zero attached hydrogens (tertiary/aromatic N) is 2. The summed E-state index contributed by atoms with van der Waals surface area (Å²) >= 11 is 0. The second-order valence-corrected chi connectivity index (χ2v) is 11.9. The topological polar surface area (TPSA) is 114 Å². The lowest BCUT2D eigenvalue weighted by atomic mass is 9.90. The molecule has 1 saturated carbocycles. The monoisotopic (exact) mass is 542 g/mol. The van der Waals surface area contributed by atoms with Crippen LogP contribution in [0.2, 0.25) is 0 Å². The van der Waals surface area contributed by atoms with E-state index in [2.05, 4.69) is 53.3 Å². The van der Waals surface area contributed by atoms with E-state index in [0.29, 0.717) is 40.6 Å². The molecule has 1 aromatic heterocycles. The van der Waals surface area contributed by atoms with E-state index >= 15 is 4.39 Å². The molecule has 216 valence electrons. The SMILES string of the molecule is C=C(NCC)NCNc1c(N)cc(-c2cnc(C(C)(C)C)nc2)c(F)c1C1CCCC1.CC(=O)OC(C)(C)C. The van der Waals surface area contributed by atoms with Crippen molar-refractivity contribution in [3.63, 3.8) is 0 Å². The van der Waals surface area contributed by atoms with Gasteiger partial charge in [-0.05, 0) is 52.5 Å². The van der Waals surface area contributed by atoms with Gasteiger partial charge in [0.05, 0.1) is 23.9 Å². The van der Waals surface area contributed by atoms with Crippen molar-refractivity contribution in [3.8, 4) is 11.1 Å². The summed E-state index contributed by atoms with van der Waals surface area (Å²) in [5.41, 5.74) is 8.89. The Bertz CT molecular complexity index is 1110. The van der Waals surface area contributed by atoms with Gasteiger partial charge in [0.1, 0.15) is 17.2 Å². The third-order valence-electron chi connectivity index (χ3n) is 6.13. The van der Waals surface area contributed by atoms with Gasteiger partial charge in [-0.1, -0.05) is 40.2 Å². The van der Waals surface area contributed by atoms with Crippen LogP contribution in [0.15, 0.2) is 30.9 Å². The van der Waals surface area contributed by atoms with Crippen molar-refractivity contribution < 1.29 is 13.9 Å². The number of carbonyl (C=O) groups excluding carboxylic acids is 1. The normalized spacial score (nSPS) is 13.8. The van der Waals surface area contributed by atoms with Gasteiger partial charge in [0.15, 0.2) is 0 Å². The first-order chi connectivity index (χ1) is 18.1. The highest BCUT2D eigenvalue weighted by atomic mass is 19.1. The van der Waals surface area contributed by atoms with Crippen LogP contribution in [-0.4, -0.2) is 34.8 Å². The fourth-order valence-corrected chi connectivity index (χ4v) is 4.51. The number of halogens is 1. The molecule has 0 radical (unpaired) electrons. The van der Waals surface area contributed by atoms with Gasteiger partial charge in [-0.3, -0.25) is 4.79 Å². The van der Waals surface area contributed by atoms with Crippen molar-refractivity contribution in [2.45, 2.75) is 98.0 Å². The second kappa shape index (κ2) is 13.6. The number of nitrogen functional groups attached to an aromatic ring is 1. The van der Waals surface area contributed by atoms with Crippen LogP contribution in [0.5, 0.6) is 0 Å². The summed E-state index contributed by atoms with van der Waals surface area (Å²) in [5, 5.41) is 9.54. The number of hydrogen-bond acceptors (Lipinski definition) is 8. The zero-order valence-corrected chi connectivity index (χ0v) is 24.9. The molecule has 0 unspecified atom stereocenters. The van der Waals surface area contributed by atoms with Crippen LogP contribution in [0.1, 0.15) is 98.4 Å². The standard InChI is InChI=1S/C24H35FN6.C6H12O2/c1-6-27-15(2)30-14-31-22-19(26)11-18(21(25)20(22)16-9-7-8-10-16)17-12-28-23(29-13-17)24(3,4)5;1-5(7)8-6(2,3)4/h11-13,16,27,30-31H,2,6-10,14,26H2,1,3-5H3;1-4H3. The Morgan fingerprint density at radius 1 is 1.13 bits per heavy atom. The van der Waals surface area contributed by atoms with Crippen LogP contribution in [0.4, 0.5) is 15.8 Å². The minimum absolute atomic E-state index is 0.150. The number of esters is 1. The van der Waals surface area contributed by atoms with Crippen LogP contribution in [0.25, 0.3) is 11.1 Å². The number of ether oxygens (including phenoxy) is 1. The number of nitrogens with two attached hydrogens (primary N) is 1. The molecule has 39 heavy (non-hydrogen) atoms. The minimum atomic E-state index is -0.328. The summed E-state index contributed by atoms with van der Waals surface area (Å²) in [7, 11) is 0. The zero-order chi connectivity index (χ0) is 29.4. The van der Waals surface area contributed by atoms with Crippen molar-refractivity contribution in [1.29, 1.82) is 0 Å². The van der Waals surface area contributed by atoms with E-state index in [1.807, 2.05) is 27.7 Å². The first-order valence-corrected chi connectivity index (χ1v) is 13.7. The van der Waals surface area contributed by atoms with E-state index in [0.717, 1.165) is 38.1 Å². The molecule has 0 aliphatic heterocycles. The number of nitrogens with one attached hydrogen (secondary N) is 3. The molecule has 8 nitrogen and oxygen atoms in total. The van der Waals surface area contributed by atoms with E-state index in [9.17, 15) is 4.79 Å². The number of aromatic nitrogens is 2. The fraction of sp³-hybridized carbons (Fsp3) is 0.567. The van der Waals surface area contributed by atoms with Crippen LogP contribution >= 0.6 is 0 Å². The predicted molar refractivity (Wildman–Crippen MR) is 158 cm³/mol. The first kappa shape index (κ1) is 31.9. The molecule has 1 aliphatic carbocycles. The quantitative estimate of drug-likeness (QED) is 0.177.